The van der Waals surface area contributed by atoms with Crippen LogP contribution in [0.15, 0.2) is 176 Å². The van der Waals surface area contributed by atoms with Crippen LogP contribution in [0.1, 0.15) is 0 Å². The van der Waals surface area contributed by atoms with Gasteiger partial charge in [0.25, 0.3) is 0 Å². The monoisotopic (exact) mass is 727 g/mol. The topological polar surface area (TPSA) is 30.7 Å². The van der Waals surface area contributed by atoms with E-state index in [1.165, 1.54) is 75.1 Å². The van der Waals surface area contributed by atoms with Crippen molar-refractivity contribution in [3.63, 3.8) is 0 Å². The van der Waals surface area contributed by atoms with Crippen molar-refractivity contribution in [2.45, 2.75) is 0 Å². The van der Waals surface area contributed by atoms with Crippen LogP contribution in [0.3, 0.4) is 0 Å². The molecule has 9 aromatic carbocycles. The van der Waals surface area contributed by atoms with E-state index in [9.17, 15) is 0 Å². The first kappa shape index (κ1) is 30.2. The summed E-state index contributed by atoms with van der Waals surface area (Å²) in [5.41, 5.74) is 13.4. The van der Waals surface area contributed by atoms with Crippen LogP contribution in [-0.2, 0) is 0 Å². The summed E-state index contributed by atoms with van der Waals surface area (Å²) < 4.78 is 4.90. The molecule has 3 heterocycles. The van der Waals surface area contributed by atoms with Gasteiger partial charge in [-0.1, -0.05) is 152 Å². The van der Waals surface area contributed by atoms with Gasteiger partial charge in [-0.25, -0.2) is 9.97 Å². The van der Waals surface area contributed by atoms with Crippen LogP contribution in [0.5, 0.6) is 0 Å². The SMILES string of the molecule is c1ccc(-c2ccc3c4c2-c2ccccc2-c2cccc5ccc(c4c25)n3-c2nc3ccc4ccccc4c3nc2-c2cccc3c2sc2ccccc23)cc1. The Bertz CT molecular complexity index is 3650. The Hall–Kier alpha value is -7.14. The van der Waals surface area contributed by atoms with Gasteiger partial charge in [0, 0.05) is 47.5 Å². The summed E-state index contributed by atoms with van der Waals surface area (Å²) in [4.78, 5) is 11.4. The molecule has 1 aliphatic rings. The molecule has 0 radical (unpaired) electrons. The number of thiophene rings is 1. The highest BCUT2D eigenvalue weighted by Crippen LogP contribution is 2.53. The maximum atomic E-state index is 5.70. The molecule has 0 aliphatic heterocycles. The molecule has 0 amide bonds. The highest BCUT2D eigenvalue weighted by molar-refractivity contribution is 7.26. The van der Waals surface area contributed by atoms with E-state index < -0.39 is 0 Å². The summed E-state index contributed by atoms with van der Waals surface area (Å²) in [5, 5.41) is 9.78. The standard InChI is InChI=1S/C52H29N3S/c1-2-12-30(13-3-1)33-26-29-43-48-46(33)38-19-7-6-17-35(38)37-20-10-15-32-25-28-42(47(48)45(32)37)55(43)52-50(54-49-34-16-5-4-14-31(34)24-27-41(49)53-52)40-22-11-21-39-36-18-8-9-23-44(36)56-51(39)40/h1-29H. The number of nitrogens with zero attached hydrogens (tertiary/aromatic N) is 3. The van der Waals surface area contributed by atoms with Crippen LogP contribution >= 0.6 is 11.3 Å². The van der Waals surface area contributed by atoms with Gasteiger partial charge in [0.2, 0.25) is 0 Å². The number of fused-ring (bicyclic) bond motifs is 9. The van der Waals surface area contributed by atoms with Gasteiger partial charge in [-0.05, 0) is 68.2 Å². The van der Waals surface area contributed by atoms with Crippen molar-refractivity contribution in [2.75, 3.05) is 0 Å². The average molecular weight is 728 g/mol. The quantitative estimate of drug-likeness (QED) is 0.170. The lowest BCUT2D eigenvalue weighted by molar-refractivity contribution is 1.08. The molecule has 1 aliphatic carbocycles. The maximum absolute atomic E-state index is 5.70. The van der Waals surface area contributed by atoms with Gasteiger partial charge >= 0.3 is 0 Å². The lowest BCUT2D eigenvalue weighted by Gasteiger charge is -2.18. The van der Waals surface area contributed by atoms with E-state index in [1.807, 2.05) is 11.3 Å². The van der Waals surface area contributed by atoms with Crippen LogP contribution in [0, 0.1) is 0 Å². The Labute approximate surface area is 325 Å². The summed E-state index contributed by atoms with van der Waals surface area (Å²) in [7, 11) is 0. The van der Waals surface area contributed by atoms with Crippen LogP contribution in [0.25, 0.3) is 125 Å². The summed E-state index contributed by atoms with van der Waals surface area (Å²) in [5.74, 6) is 0.835. The minimum Gasteiger partial charge on any atom is -0.292 e. The van der Waals surface area contributed by atoms with E-state index in [1.54, 1.807) is 0 Å². The van der Waals surface area contributed by atoms with Gasteiger partial charge in [-0.15, -0.1) is 11.3 Å². The molecule has 0 N–H and O–H groups in total. The Kier molecular flexibility index (Phi) is 6.04. The minimum atomic E-state index is 0.835. The lowest BCUT2D eigenvalue weighted by atomic mass is 9.88. The number of benzene rings is 9. The zero-order valence-electron chi connectivity index (χ0n) is 30.0. The van der Waals surface area contributed by atoms with E-state index in [2.05, 4.69) is 180 Å². The Morgan fingerprint density at radius 2 is 1.09 bits per heavy atom. The largest absolute Gasteiger partial charge is 0.292 e. The second kappa shape index (κ2) is 11.2. The van der Waals surface area contributed by atoms with E-state index in [-0.39, 0.29) is 0 Å². The molecule has 0 fully saturated rings. The van der Waals surface area contributed by atoms with Crippen molar-refractivity contribution >= 4 is 85.9 Å². The first-order chi connectivity index (χ1) is 27.8. The molecular formula is C52H29N3S. The van der Waals surface area contributed by atoms with Crippen molar-refractivity contribution < 1.29 is 0 Å². The van der Waals surface area contributed by atoms with Gasteiger partial charge in [0.05, 0.1) is 22.1 Å². The van der Waals surface area contributed by atoms with Crippen molar-refractivity contribution in [3.8, 4) is 50.5 Å². The van der Waals surface area contributed by atoms with E-state index in [0.29, 0.717) is 0 Å². The molecule has 12 aromatic rings. The smallest absolute Gasteiger partial charge is 0.165 e. The summed E-state index contributed by atoms with van der Waals surface area (Å²) in [6, 6.07) is 64.0. The van der Waals surface area contributed by atoms with Gasteiger partial charge in [-0.2, -0.15) is 0 Å². The normalized spacial score (nSPS) is 12.3. The van der Waals surface area contributed by atoms with Gasteiger partial charge < -0.3 is 0 Å². The Morgan fingerprint density at radius 1 is 0.411 bits per heavy atom. The fraction of sp³-hybridized carbons (Fsp3) is 0. The third-order valence-corrected chi connectivity index (χ3v) is 13.1. The zero-order valence-corrected chi connectivity index (χ0v) is 30.8. The molecule has 3 aromatic heterocycles. The fourth-order valence-corrected chi connectivity index (χ4v) is 10.8. The molecule has 0 saturated carbocycles. The van der Waals surface area contributed by atoms with Gasteiger partial charge in [0.1, 0.15) is 5.69 Å². The van der Waals surface area contributed by atoms with Crippen molar-refractivity contribution in [3.05, 3.63) is 176 Å². The van der Waals surface area contributed by atoms with Crippen LogP contribution in [-0.4, -0.2) is 14.5 Å². The van der Waals surface area contributed by atoms with E-state index in [4.69, 9.17) is 9.97 Å². The van der Waals surface area contributed by atoms with Crippen molar-refractivity contribution in [1.82, 2.24) is 14.5 Å². The first-order valence-electron chi connectivity index (χ1n) is 19.1. The number of rotatable bonds is 3. The zero-order chi connectivity index (χ0) is 36.5. The van der Waals surface area contributed by atoms with Crippen molar-refractivity contribution in [1.29, 1.82) is 0 Å². The van der Waals surface area contributed by atoms with Crippen molar-refractivity contribution in [2.24, 2.45) is 0 Å². The molecule has 56 heavy (non-hydrogen) atoms. The molecular weight excluding hydrogens is 699 g/mol. The predicted octanol–water partition coefficient (Wildman–Crippen LogP) is 14.4. The predicted molar refractivity (Wildman–Crippen MR) is 237 cm³/mol. The van der Waals surface area contributed by atoms with Gasteiger partial charge in [-0.3, -0.25) is 4.57 Å². The summed E-state index contributed by atoms with van der Waals surface area (Å²) >= 11 is 1.84. The number of aromatic nitrogens is 3. The van der Waals surface area contributed by atoms with E-state index in [0.717, 1.165) is 49.9 Å². The lowest BCUT2D eigenvalue weighted by Crippen LogP contribution is -2.04. The van der Waals surface area contributed by atoms with Crippen LogP contribution in [0.2, 0.25) is 0 Å². The van der Waals surface area contributed by atoms with Crippen LogP contribution < -0.4 is 0 Å². The molecule has 0 unspecified atom stereocenters. The third kappa shape index (κ3) is 4.01. The molecule has 0 spiro atoms. The summed E-state index contributed by atoms with van der Waals surface area (Å²) in [6.07, 6.45) is 0. The Balaban J connectivity index is 1.25. The molecule has 0 atom stereocenters. The average Bonchev–Trinajstić information content (AvgIpc) is 3.78. The number of hydrogen-bond donors (Lipinski definition) is 0. The molecule has 4 heteroatoms. The fourth-order valence-electron chi connectivity index (χ4n) is 9.55. The molecule has 3 nitrogen and oxygen atoms in total. The van der Waals surface area contributed by atoms with Crippen LogP contribution in [0.4, 0.5) is 0 Å². The third-order valence-electron chi connectivity index (χ3n) is 11.9. The number of hydrogen-bond acceptors (Lipinski definition) is 3. The van der Waals surface area contributed by atoms with E-state index >= 15 is 0 Å². The highest BCUT2D eigenvalue weighted by atomic mass is 32.1. The molecule has 0 saturated heterocycles. The van der Waals surface area contributed by atoms with Gasteiger partial charge in [0.15, 0.2) is 5.82 Å². The molecule has 0 bridgehead atoms. The second-order valence-electron chi connectivity index (χ2n) is 14.8. The molecule has 258 valence electrons. The highest BCUT2D eigenvalue weighted by Gasteiger charge is 2.29. The Morgan fingerprint density at radius 3 is 2.02 bits per heavy atom. The summed E-state index contributed by atoms with van der Waals surface area (Å²) in [6.45, 7) is 0. The second-order valence-corrected chi connectivity index (χ2v) is 15.9. The first-order valence-corrected chi connectivity index (χ1v) is 19.9. The minimum absolute atomic E-state index is 0.835. The maximum Gasteiger partial charge on any atom is 0.165 e. The molecule has 13 rings (SSSR count).